The Morgan fingerprint density at radius 3 is 2.25 bits per heavy atom. The molecule has 0 aliphatic heterocycles. The molecule has 0 aliphatic carbocycles. The topological polar surface area (TPSA) is 83.8 Å². The van der Waals surface area contributed by atoms with Crippen molar-refractivity contribution in [1.82, 2.24) is 0 Å². The van der Waals surface area contributed by atoms with Gasteiger partial charge in [-0.1, -0.05) is 57.2 Å². The van der Waals surface area contributed by atoms with Gasteiger partial charge in [-0.3, -0.25) is 4.18 Å². The maximum Gasteiger partial charge on any atom is 0.297 e. The second kappa shape index (κ2) is 10.8. The number of hydrogen-bond acceptors (Lipinski definition) is 5. The van der Waals surface area contributed by atoms with Crippen LogP contribution in [-0.4, -0.2) is 36.9 Å². The van der Waals surface area contributed by atoms with Crippen LogP contribution in [0.3, 0.4) is 0 Å². The molecule has 3 unspecified atom stereocenters. The lowest BCUT2D eigenvalue weighted by Gasteiger charge is -2.24. The van der Waals surface area contributed by atoms with Crippen molar-refractivity contribution >= 4 is 10.1 Å². The van der Waals surface area contributed by atoms with Gasteiger partial charge < -0.3 is 10.2 Å². The Hall–Kier alpha value is -0.950. The summed E-state index contributed by atoms with van der Waals surface area (Å²) in [4.78, 5) is 0.0516. The molecule has 1 aromatic rings. The number of rotatable bonds is 12. The largest absolute Gasteiger partial charge is 0.393 e. The molecule has 138 valence electrons. The van der Waals surface area contributed by atoms with Gasteiger partial charge in [0.1, 0.15) is 6.10 Å². The summed E-state index contributed by atoms with van der Waals surface area (Å²) in [6.45, 7) is 3.69. The van der Waals surface area contributed by atoms with Crippen LogP contribution >= 0.6 is 0 Å². The van der Waals surface area contributed by atoms with Gasteiger partial charge in [-0.25, -0.2) is 0 Å². The minimum absolute atomic E-state index is 0.0516. The highest BCUT2D eigenvalue weighted by molar-refractivity contribution is 7.86. The summed E-state index contributed by atoms with van der Waals surface area (Å²) in [5.41, 5.74) is 0. The van der Waals surface area contributed by atoms with Crippen molar-refractivity contribution in [2.75, 3.05) is 0 Å². The van der Waals surface area contributed by atoms with Crippen LogP contribution in [0.2, 0.25) is 0 Å². The molecule has 24 heavy (non-hydrogen) atoms. The molecule has 0 bridgehead atoms. The van der Waals surface area contributed by atoms with Crippen LogP contribution in [-0.2, 0) is 14.3 Å². The van der Waals surface area contributed by atoms with Gasteiger partial charge in [0.25, 0.3) is 10.1 Å². The van der Waals surface area contributed by atoms with Crippen molar-refractivity contribution in [3.63, 3.8) is 0 Å². The Balaban J connectivity index is 2.67. The Labute approximate surface area is 145 Å². The Morgan fingerprint density at radius 2 is 1.67 bits per heavy atom. The quantitative estimate of drug-likeness (QED) is 0.443. The van der Waals surface area contributed by atoms with Gasteiger partial charge in [-0.2, -0.15) is 8.42 Å². The number of hydrogen-bond donors (Lipinski definition) is 2. The zero-order valence-electron chi connectivity index (χ0n) is 14.6. The molecule has 0 saturated carbocycles. The van der Waals surface area contributed by atoms with E-state index in [0.717, 1.165) is 32.1 Å². The van der Waals surface area contributed by atoms with E-state index in [-0.39, 0.29) is 11.3 Å². The Bertz CT molecular complexity index is 542. The van der Waals surface area contributed by atoms with E-state index >= 15 is 0 Å². The average Bonchev–Trinajstić information content (AvgIpc) is 2.54. The molecule has 5 nitrogen and oxygen atoms in total. The number of benzene rings is 1. The van der Waals surface area contributed by atoms with Gasteiger partial charge in [-0.15, -0.1) is 0 Å². The molecule has 2 N–H and O–H groups in total. The van der Waals surface area contributed by atoms with Crippen LogP contribution in [0.4, 0.5) is 0 Å². The minimum atomic E-state index is -3.96. The van der Waals surface area contributed by atoms with Crippen LogP contribution < -0.4 is 0 Å². The third kappa shape index (κ3) is 7.75. The van der Waals surface area contributed by atoms with Crippen LogP contribution in [0, 0.1) is 0 Å². The van der Waals surface area contributed by atoms with Crippen molar-refractivity contribution in [2.24, 2.45) is 0 Å². The zero-order valence-corrected chi connectivity index (χ0v) is 15.4. The maximum atomic E-state index is 12.3. The fourth-order valence-corrected chi connectivity index (χ4v) is 3.68. The van der Waals surface area contributed by atoms with E-state index in [0.29, 0.717) is 6.42 Å². The lowest BCUT2D eigenvalue weighted by atomic mass is 10.0. The molecular formula is C18H30O5S. The highest BCUT2D eigenvalue weighted by Crippen LogP contribution is 2.21. The normalized spacial score (nSPS) is 15.8. The van der Waals surface area contributed by atoms with E-state index in [4.69, 9.17) is 4.18 Å². The molecule has 0 radical (unpaired) electrons. The molecule has 3 atom stereocenters. The fraction of sp³-hybridized carbons (Fsp3) is 0.667. The first kappa shape index (κ1) is 21.1. The summed E-state index contributed by atoms with van der Waals surface area (Å²) in [6, 6.07) is 7.85. The van der Waals surface area contributed by atoms with Crippen molar-refractivity contribution in [3.8, 4) is 0 Å². The lowest BCUT2D eigenvalue weighted by molar-refractivity contribution is 0.00488. The smallest absolute Gasteiger partial charge is 0.297 e. The van der Waals surface area contributed by atoms with Crippen LogP contribution in [0.25, 0.3) is 0 Å². The van der Waals surface area contributed by atoms with E-state index in [1.165, 1.54) is 12.1 Å². The van der Waals surface area contributed by atoms with Crippen LogP contribution in [0.5, 0.6) is 0 Å². The third-order valence-corrected chi connectivity index (χ3v) is 5.24. The molecule has 0 aliphatic rings. The van der Waals surface area contributed by atoms with Crippen molar-refractivity contribution in [3.05, 3.63) is 30.3 Å². The summed E-state index contributed by atoms with van der Waals surface area (Å²) >= 11 is 0. The van der Waals surface area contributed by atoms with Crippen molar-refractivity contribution < 1.29 is 22.8 Å². The van der Waals surface area contributed by atoms with Gasteiger partial charge in [0, 0.05) is 6.42 Å². The number of aliphatic hydroxyl groups is 2. The molecule has 1 aromatic carbocycles. The molecule has 0 saturated heterocycles. The predicted octanol–water partition coefficient (Wildman–Crippen LogP) is 3.25. The molecule has 0 heterocycles. The Kier molecular flexibility index (Phi) is 9.51. The average molecular weight is 359 g/mol. The lowest BCUT2D eigenvalue weighted by Crippen LogP contribution is -2.34. The van der Waals surface area contributed by atoms with Gasteiger partial charge in [0.15, 0.2) is 0 Å². The first-order chi connectivity index (χ1) is 11.4. The molecule has 1 rings (SSSR count). The van der Waals surface area contributed by atoms with Gasteiger partial charge in [-0.05, 0) is 25.5 Å². The SMILES string of the molecule is CCCCCCCC(O)C(CC(C)O)OS(=O)(=O)c1ccccc1. The number of unbranched alkanes of at least 4 members (excludes halogenated alkanes) is 4. The highest BCUT2D eigenvalue weighted by atomic mass is 32.2. The van der Waals surface area contributed by atoms with Crippen LogP contribution in [0.15, 0.2) is 35.2 Å². The Morgan fingerprint density at radius 1 is 1.04 bits per heavy atom. The third-order valence-electron chi connectivity index (χ3n) is 3.89. The molecular weight excluding hydrogens is 328 g/mol. The van der Waals surface area contributed by atoms with E-state index in [9.17, 15) is 18.6 Å². The zero-order chi connectivity index (χ0) is 18.0. The summed E-state index contributed by atoms with van der Waals surface area (Å²) < 4.78 is 29.9. The first-order valence-corrected chi connectivity index (χ1v) is 10.1. The van der Waals surface area contributed by atoms with E-state index < -0.39 is 28.4 Å². The van der Waals surface area contributed by atoms with Gasteiger partial charge >= 0.3 is 0 Å². The standard InChI is InChI=1S/C18H30O5S/c1-3-4-5-6-10-13-17(20)18(14-15(2)19)23-24(21,22)16-11-8-7-9-12-16/h7-9,11-12,15,17-20H,3-6,10,13-14H2,1-2H3. The summed E-state index contributed by atoms with van der Waals surface area (Å²) in [7, 11) is -3.96. The summed E-state index contributed by atoms with van der Waals surface area (Å²) in [5, 5.41) is 19.9. The van der Waals surface area contributed by atoms with Crippen molar-refractivity contribution in [2.45, 2.75) is 82.0 Å². The fourth-order valence-electron chi connectivity index (χ4n) is 2.55. The molecule has 0 amide bonds. The number of aliphatic hydroxyl groups excluding tert-OH is 2. The van der Waals surface area contributed by atoms with E-state index in [1.807, 2.05) is 0 Å². The molecule has 6 heteroatoms. The second-order valence-corrected chi connectivity index (χ2v) is 7.83. The minimum Gasteiger partial charge on any atom is -0.393 e. The maximum absolute atomic E-state index is 12.3. The molecule has 0 aromatic heterocycles. The summed E-state index contributed by atoms with van der Waals surface area (Å²) in [5.74, 6) is 0. The van der Waals surface area contributed by atoms with Crippen molar-refractivity contribution in [1.29, 1.82) is 0 Å². The summed E-state index contributed by atoms with van der Waals surface area (Å²) in [6.07, 6.45) is 3.14. The van der Waals surface area contributed by atoms with Gasteiger partial charge in [0.2, 0.25) is 0 Å². The molecule has 0 fully saturated rings. The van der Waals surface area contributed by atoms with Crippen LogP contribution in [0.1, 0.15) is 58.8 Å². The first-order valence-electron chi connectivity index (χ1n) is 8.71. The molecule has 0 spiro atoms. The van der Waals surface area contributed by atoms with E-state index in [1.54, 1.807) is 25.1 Å². The van der Waals surface area contributed by atoms with E-state index in [2.05, 4.69) is 6.92 Å². The second-order valence-electron chi connectivity index (χ2n) is 6.26. The van der Waals surface area contributed by atoms with Gasteiger partial charge in [0.05, 0.1) is 17.1 Å². The predicted molar refractivity (Wildman–Crippen MR) is 94.2 cm³/mol. The monoisotopic (exact) mass is 358 g/mol. The highest BCUT2D eigenvalue weighted by Gasteiger charge is 2.28.